The van der Waals surface area contributed by atoms with Gasteiger partial charge < -0.3 is 4.74 Å². The highest BCUT2D eigenvalue weighted by Crippen LogP contribution is 2.23. The number of hydrogen-bond donors (Lipinski definition) is 0. The highest BCUT2D eigenvalue weighted by Gasteiger charge is 2.22. The first-order valence-electron chi connectivity index (χ1n) is 4.11. The van der Waals surface area contributed by atoms with Gasteiger partial charge in [-0.2, -0.15) is 0 Å². The van der Waals surface area contributed by atoms with E-state index >= 15 is 0 Å². The Bertz CT molecular complexity index is 262. The lowest BCUT2D eigenvalue weighted by Gasteiger charge is -2.24. The van der Waals surface area contributed by atoms with Gasteiger partial charge in [0.25, 0.3) is 0 Å². The van der Waals surface area contributed by atoms with Crippen LogP contribution in [-0.4, -0.2) is 12.1 Å². The second kappa shape index (κ2) is 3.27. The van der Waals surface area contributed by atoms with Crippen molar-refractivity contribution in [2.24, 2.45) is 0 Å². The van der Waals surface area contributed by atoms with Crippen LogP contribution in [0.5, 0.6) is 0 Å². The standard InChI is InChI=1S/C9H10O2S/c10-9(8-5-2-6-12-8)11-7-3-1-4-7/h2,5-7H,1,3-4H2. The minimum Gasteiger partial charge on any atom is -0.458 e. The van der Waals surface area contributed by atoms with E-state index in [0.29, 0.717) is 4.88 Å². The van der Waals surface area contributed by atoms with Crippen LogP contribution in [0.2, 0.25) is 0 Å². The Kier molecular flexibility index (Phi) is 2.13. The molecule has 2 nitrogen and oxygen atoms in total. The highest BCUT2D eigenvalue weighted by molar-refractivity contribution is 7.11. The first kappa shape index (κ1) is 7.80. The van der Waals surface area contributed by atoms with Crippen LogP contribution < -0.4 is 0 Å². The number of esters is 1. The maximum Gasteiger partial charge on any atom is 0.348 e. The van der Waals surface area contributed by atoms with Gasteiger partial charge in [-0.3, -0.25) is 0 Å². The van der Waals surface area contributed by atoms with E-state index in [4.69, 9.17) is 4.74 Å². The van der Waals surface area contributed by atoms with E-state index in [1.807, 2.05) is 11.4 Å². The Morgan fingerprint density at radius 3 is 2.92 bits per heavy atom. The average Bonchev–Trinajstić information content (AvgIpc) is 2.47. The maximum absolute atomic E-state index is 11.3. The molecule has 1 aliphatic rings. The Balaban J connectivity index is 1.92. The van der Waals surface area contributed by atoms with Crippen molar-refractivity contribution in [3.63, 3.8) is 0 Å². The summed E-state index contributed by atoms with van der Waals surface area (Å²) < 4.78 is 5.20. The summed E-state index contributed by atoms with van der Waals surface area (Å²) in [5.41, 5.74) is 0. The molecule has 1 fully saturated rings. The van der Waals surface area contributed by atoms with E-state index in [1.165, 1.54) is 17.8 Å². The third-order valence-electron chi connectivity index (χ3n) is 2.05. The van der Waals surface area contributed by atoms with Gasteiger partial charge in [0, 0.05) is 0 Å². The Labute approximate surface area is 75.2 Å². The molecule has 0 aromatic carbocycles. The molecule has 0 saturated heterocycles. The predicted molar refractivity (Wildman–Crippen MR) is 47.4 cm³/mol. The van der Waals surface area contributed by atoms with Crippen molar-refractivity contribution in [3.8, 4) is 0 Å². The van der Waals surface area contributed by atoms with E-state index in [-0.39, 0.29) is 12.1 Å². The molecule has 0 spiro atoms. The van der Waals surface area contributed by atoms with Crippen molar-refractivity contribution in [2.45, 2.75) is 25.4 Å². The second-order valence-electron chi connectivity index (χ2n) is 2.94. The smallest absolute Gasteiger partial charge is 0.348 e. The Morgan fingerprint density at radius 2 is 2.42 bits per heavy atom. The van der Waals surface area contributed by atoms with Gasteiger partial charge in [0.15, 0.2) is 0 Å². The van der Waals surface area contributed by atoms with Gasteiger partial charge in [-0.25, -0.2) is 4.79 Å². The van der Waals surface area contributed by atoms with Crippen LogP contribution in [0.25, 0.3) is 0 Å². The molecule has 1 aliphatic carbocycles. The van der Waals surface area contributed by atoms with Crippen molar-refractivity contribution in [1.82, 2.24) is 0 Å². The highest BCUT2D eigenvalue weighted by atomic mass is 32.1. The summed E-state index contributed by atoms with van der Waals surface area (Å²) in [6.07, 6.45) is 3.47. The molecular formula is C9H10O2S. The molecule has 0 unspecified atom stereocenters. The minimum atomic E-state index is -0.158. The van der Waals surface area contributed by atoms with Crippen molar-refractivity contribution >= 4 is 17.3 Å². The summed E-state index contributed by atoms with van der Waals surface area (Å²) in [5.74, 6) is -0.158. The van der Waals surface area contributed by atoms with E-state index in [9.17, 15) is 4.79 Å². The van der Waals surface area contributed by atoms with Gasteiger partial charge in [0.1, 0.15) is 11.0 Å². The fourth-order valence-electron chi connectivity index (χ4n) is 1.09. The molecule has 12 heavy (non-hydrogen) atoms. The third kappa shape index (κ3) is 1.50. The summed E-state index contributed by atoms with van der Waals surface area (Å²) >= 11 is 1.43. The molecule has 1 aromatic rings. The molecule has 3 heteroatoms. The second-order valence-corrected chi connectivity index (χ2v) is 3.88. The van der Waals surface area contributed by atoms with E-state index < -0.39 is 0 Å². The van der Waals surface area contributed by atoms with Crippen molar-refractivity contribution in [2.75, 3.05) is 0 Å². The third-order valence-corrected chi connectivity index (χ3v) is 2.90. The fraction of sp³-hybridized carbons (Fsp3) is 0.444. The van der Waals surface area contributed by atoms with E-state index in [2.05, 4.69) is 0 Å². The van der Waals surface area contributed by atoms with Gasteiger partial charge >= 0.3 is 5.97 Å². The molecule has 0 atom stereocenters. The normalized spacial score (nSPS) is 17.0. The molecule has 0 amide bonds. The van der Waals surface area contributed by atoms with Crippen LogP contribution in [0, 0.1) is 0 Å². The zero-order valence-electron chi connectivity index (χ0n) is 6.66. The van der Waals surface area contributed by atoms with Gasteiger partial charge in [-0.15, -0.1) is 11.3 Å². The van der Waals surface area contributed by atoms with Gasteiger partial charge in [0.05, 0.1) is 0 Å². The largest absolute Gasteiger partial charge is 0.458 e. The molecule has 1 heterocycles. The summed E-state index contributed by atoms with van der Waals surface area (Å²) in [5, 5.41) is 1.89. The predicted octanol–water partition coefficient (Wildman–Crippen LogP) is 2.46. The minimum absolute atomic E-state index is 0.158. The Hall–Kier alpha value is -0.830. The van der Waals surface area contributed by atoms with Crippen LogP contribution in [-0.2, 0) is 4.74 Å². The zero-order chi connectivity index (χ0) is 8.39. The molecule has 0 N–H and O–H groups in total. The molecule has 2 rings (SSSR count). The van der Waals surface area contributed by atoms with Crippen LogP contribution in [0.15, 0.2) is 17.5 Å². The fourth-order valence-corrected chi connectivity index (χ4v) is 1.70. The number of thiophene rings is 1. The lowest BCUT2D eigenvalue weighted by molar-refractivity contribution is 0.00956. The number of hydrogen-bond acceptors (Lipinski definition) is 3. The first-order valence-corrected chi connectivity index (χ1v) is 4.99. The van der Waals surface area contributed by atoms with E-state index in [0.717, 1.165) is 12.8 Å². The molecular weight excluding hydrogens is 172 g/mol. The van der Waals surface area contributed by atoms with Gasteiger partial charge in [-0.1, -0.05) is 6.07 Å². The summed E-state index contributed by atoms with van der Waals surface area (Å²) in [6.45, 7) is 0. The molecule has 0 radical (unpaired) electrons. The summed E-state index contributed by atoms with van der Waals surface area (Å²) in [7, 11) is 0. The maximum atomic E-state index is 11.3. The molecule has 64 valence electrons. The molecule has 0 bridgehead atoms. The van der Waals surface area contributed by atoms with Crippen LogP contribution >= 0.6 is 11.3 Å². The Morgan fingerprint density at radius 1 is 1.58 bits per heavy atom. The van der Waals surface area contributed by atoms with Crippen LogP contribution in [0.3, 0.4) is 0 Å². The monoisotopic (exact) mass is 182 g/mol. The SMILES string of the molecule is O=C(OC1CCC1)c1cccs1. The summed E-state index contributed by atoms with van der Waals surface area (Å²) in [4.78, 5) is 12.0. The average molecular weight is 182 g/mol. The van der Waals surface area contributed by atoms with Crippen LogP contribution in [0.4, 0.5) is 0 Å². The lowest BCUT2D eigenvalue weighted by atomic mass is 9.96. The lowest BCUT2D eigenvalue weighted by Crippen LogP contribution is -2.24. The topological polar surface area (TPSA) is 26.3 Å². The van der Waals surface area contributed by atoms with Crippen LogP contribution in [0.1, 0.15) is 28.9 Å². The van der Waals surface area contributed by atoms with Crippen molar-refractivity contribution < 1.29 is 9.53 Å². The zero-order valence-corrected chi connectivity index (χ0v) is 7.47. The van der Waals surface area contributed by atoms with Gasteiger partial charge in [0.2, 0.25) is 0 Å². The number of ether oxygens (including phenoxy) is 1. The summed E-state index contributed by atoms with van der Waals surface area (Å²) in [6, 6.07) is 3.66. The van der Waals surface area contributed by atoms with Crippen molar-refractivity contribution in [1.29, 1.82) is 0 Å². The van der Waals surface area contributed by atoms with Crippen molar-refractivity contribution in [3.05, 3.63) is 22.4 Å². The molecule has 0 aliphatic heterocycles. The number of carbonyl (C=O) groups excluding carboxylic acids is 1. The quantitative estimate of drug-likeness (QED) is 0.657. The van der Waals surface area contributed by atoms with Gasteiger partial charge in [-0.05, 0) is 30.7 Å². The van der Waals surface area contributed by atoms with E-state index in [1.54, 1.807) is 6.07 Å². The first-order chi connectivity index (χ1) is 5.86. The molecule has 1 aromatic heterocycles. The molecule has 1 saturated carbocycles. The number of carbonyl (C=O) groups is 1. The number of rotatable bonds is 2.